The number of hydrogen-bond acceptors (Lipinski definition) is 7. The molecule has 0 bridgehead atoms. The van der Waals surface area contributed by atoms with E-state index in [1.807, 2.05) is 0 Å². The molecule has 2 aliphatic rings. The minimum Gasteiger partial charge on any atom is -0.494 e. The number of rotatable bonds is 5. The zero-order valence-corrected chi connectivity index (χ0v) is 13.1. The van der Waals surface area contributed by atoms with Crippen molar-refractivity contribution in [2.45, 2.75) is 31.3 Å². The van der Waals surface area contributed by atoms with Gasteiger partial charge in [0.25, 0.3) is 0 Å². The smallest absolute Gasteiger partial charge is 0.316 e. The van der Waals surface area contributed by atoms with Gasteiger partial charge in [0.2, 0.25) is 0 Å². The van der Waals surface area contributed by atoms with Crippen molar-refractivity contribution < 1.29 is 9.47 Å². The SMILES string of the molecule is COc1cnc(OC2CCN(c3cc(C4CC4)ncn3)C2)nc1. The summed E-state index contributed by atoms with van der Waals surface area (Å²) in [4.78, 5) is 19.3. The average Bonchev–Trinajstić information content (AvgIpc) is 3.35. The van der Waals surface area contributed by atoms with Crippen molar-refractivity contribution >= 4 is 5.82 Å². The summed E-state index contributed by atoms with van der Waals surface area (Å²) >= 11 is 0. The van der Waals surface area contributed by atoms with Crippen LogP contribution in [0.25, 0.3) is 0 Å². The van der Waals surface area contributed by atoms with Gasteiger partial charge < -0.3 is 14.4 Å². The van der Waals surface area contributed by atoms with Crippen molar-refractivity contribution in [3.8, 4) is 11.8 Å². The van der Waals surface area contributed by atoms with Crippen LogP contribution in [0, 0.1) is 0 Å². The number of hydrogen-bond donors (Lipinski definition) is 0. The van der Waals surface area contributed by atoms with Crippen molar-refractivity contribution in [3.63, 3.8) is 0 Å². The van der Waals surface area contributed by atoms with Crippen LogP contribution >= 0.6 is 0 Å². The van der Waals surface area contributed by atoms with Gasteiger partial charge in [0, 0.05) is 30.6 Å². The topological polar surface area (TPSA) is 73.3 Å². The molecule has 120 valence electrons. The van der Waals surface area contributed by atoms with Crippen LogP contribution in [-0.2, 0) is 0 Å². The second kappa shape index (κ2) is 5.98. The third-order valence-electron chi connectivity index (χ3n) is 4.25. The highest BCUT2D eigenvalue weighted by atomic mass is 16.5. The molecule has 1 aliphatic carbocycles. The highest BCUT2D eigenvalue weighted by Crippen LogP contribution is 2.39. The number of nitrogens with zero attached hydrogens (tertiary/aromatic N) is 5. The molecule has 4 rings (SSSR count). The number of ether oxygens (including phenoxy) is 2. The molecule has 1 saturated heterocycles. The monoisotopic (exact) mass is 313 g/mol. The maximum Gasteiger partial charge on any atom is 0.316 e. The lowest BCUT2D eigenvalue weighted by atomic mass is 10.3. The van der Waals surface area contributed by atoms with Gasteiger partial charge in [-0.2, -0.15) is 9.97 Å². The van der Waals surface area contributed by atoms with Crippen LogP contribution in [0.2, 0.25) is 0 Å². The highest BCUT2D eigenvalue weighted by molar-refractivity contribution is 5.41. The lowest BCUT2D eigenvalue weighted by Gasteiger charge is -2.17. The Kier molecular flexibility index (Phi) is 3.69. The molecule has 1 atom stereocenters. The van der Waals surface area contributed by atoms with Gasteiger partial charge >= 0.3 is 6.01 Å². The van der Waals surface area contributed by atoms with Crippen LogP contribution < -0.4 is 14.4 Å². The summed E-state index contributed by atoms with van der Waals surface area (Å²) in [6.45, 7) is 1.71. The fourth-order valence-electron chi connectivity index (χ4n) is 2.79. The summed E-state index contributed by atoms with van der Waals surface area (Å²) in [7, 11) is 1.59. The average molecular weight is 313 g/mol. The van der Waals surface area contributed by atoms with E-state index in [0.29, 0.717) is 17.7 Å². The Morgan fingerprint density at radius 2 is 1.91 bits per heavy atom. The summed E-state index contributed by atoms with van der Waals surface area (Å²) in [5, 5.41) is 0. The minimum absolute atomic E-state index is 0.0720. The molecule has 7 heteroatoms. The zero-order chi connectivity index (χ0) is 15.6. The lowest BCUT2D eigenvalue weighted by Crippen LogP contribution is -2.25. The van der Waals surface area contributed by atoms with Crippen LogP contribution in [0.15, 0.2) is 24.8 Å². The Balaban J connectivity index is 1.39. The van der Waals surface area contributed by atoms with E-state index in [1.54, 1.807) is 25.8 Å². The molecular weight excluding hydrogens is 294 g/mol. The fraction of sp³-hybridized carbons (Fsp3) is 0.500. The lowest BCUT2D eigenvalue weighted by molar-refractivity contribution is 0.205. The fourth-order valence-corrected chi connectivity index (χ4v) is 2.79. The first kappa shape index (κ1) is 14.2. The summed E-state index contributed by atoms with van der Waals surface area (Å²) < 4.78 is 10.9. The van der Waals surface area contributed by atoms with Crippen molar-refractivity contribution in [3.05, 3.63) is 30.5 Å². The van der Waals surface area contributed by atoms with Crippen molar-refractivity contribution in [2.24, 2.45) is 0 Å². The van der Waals surface area contributed by atoms with Crippen molar-refractivity contribution in [1.82, 2.24) is 19.9 Å². The van der Waals surface area contributed by atoms with Gasteiger partial charge in [0.1, 0.15) is 18.2 Å². The Morgan fingerprint density at radius 3 is 2.65 bits per heavy atom. The van der Waals surface area contributed by atoms with Crippen LogP contribution in [0.4, 0.5) is 5.82 Å². The van der Waals surface area contributed by atoms with Gasteiger partial charge in [-0.1, -0.05) is 0 Å². The van der Waals surface area contributed by atoms with E-state index in [2.05, 4.69) is 30.9 Å². The maximum atomic E-state index is 5.85. The summed E-state index contributed by atoms with van der Waals surface area (Å²) in [5.41, 5.74) is 1.16. The van der Waals surface area contributed by atoms with Crippen molar-refractivity contribution in [1.29, 1.82) is 0 Å². The quantitative estimate of drug-likeness (QED) is 0.833. The van der Waals surface area contributed by atoms with E-state index in [0.717, 1.165) is 31.0 Å². The first-order chi connectivity index (χ1) is 11.3. The van der Waals surface area contributed by atoms with Crippen molar-refractivity contribution in [2.75, 3.05) is 25.1 Å². The molecule has 1 aliphatic heterocycles. The molecule has 23 heavy (non-hydrogen) atoms. The third kappa shape index (κ3) is 3.18. The van der Waals surface area contributed by atoms with Gasteiger partial charge in [0.15, 0.2) is 5.75 Å². The van der Waals surface area contributed by atoms with Gasteiger partial charge in [-0.15, -0.1) is 0 Å². The Labute approximate surface area is 134 Å². The first-order valence-corrected chi connectivity index (χ1v) is 7.91. The standard InChI is InChI=1S/C16H19N5O2/c1-22-13-7-17-16(18-8-13)23-12-4-5-21(9-12)15-6-14(11-2-3-11)19-10-20-15/h6-8,10-12H,2-5,9H2,1H3. The number of aromatic nitrogens is 4. The molecule has 0 radical (unpaired) electrons. The molecule has 2 fully saturated rings. The Morgan fingerprint density at radius 1 is 1.09 bits per heavy atom. The highest BCUT2D eigenvalue weighted by Gasteiger charge is 2.29. The molecule has 0 aromatic carbocycles. The van der Waals surface area contributed by atoms with E-state index in [9.17, 15) is 0 Å². The van der Waals surface area contributed by atoms with E-state index in [-0.39, 0.29) is 6.10 Å². The van der Waals surface area contributed by atoms with Crippen LogP contribution in [0.3, 0.4) is 0 Å². The first-order valence-electron chi connectivity index (χ1n) is 7.91. The molecule has 2 aromatic heterocycles. The molecular formula is C16H19N5O2. The molecule has 1 saturated carbocycles. The summed E-state index contributed by atoms with van der Waals surface area (Å²) in [6.07, 6.45) is 8.39. The summed E-state index contributed by atoms with van der Waals surface area (Å²) in [5.74, 6) is 2.25. The van der Waals surface area contributed by atoms with Gasteiger partial charge in [-0.05, 0) is 12.8 Å². The van der Waals surface area contributed by atoms with E-state index in [1.165, 1.54) is 12.8 Å². The minimum atomic E-state index is 0.0720. The second-order valence-corrected chi connectivity index (χ2v) is 5.96. The zero-order valence-electron chi connectivity index (χ0n) is 13.1. The van der Waals surface area contributed by atoms with Gasteiger partial charge in [0.05, 0.1) is 26.0 Å². The second-order valence-electron chi connectivity index (χ2n) is 5.96. The van der Waals surface area contributed by atoms with Gasteiger partial charge in [-0.25, -0.2) is 9.97 Å². The molecule has 0 N–H and O–H groups in total. The molecule has 1 unspecified atom stereocenters. The molecule has 2 aromatic rings. The van der Waals surface area contributed by atoms with E-state index in [4.69, 9.17) is 9.47 Å². The van der Waals surface area contributed by atoms with Gasteiger partial charge in [-0.3, -0.25) is 0 Å². The predicted octanol–water partition coefficient (Wildman–Crippen LogP) is 1.81. The van der Waals surface area contributed by atoms with Crippen LogP contribution in [0.1, 0.15) is 30.9 Å². The largest absolute Gasteiger partial charge is 0.494 e. The third-order valence-corrected chi connectivity index (χ3v) is 4.25. The molecule has 0 spiro atoms. The van der Waals surface area contributed by atoms with Crippen LogP contribution in [0.5, 0.6) is 11.8 Å². The Hall–Kier alpha value is -2.44. The molecule has 3 heterocycles. The number of methoxy groups -OCH3 is 1. The summed E-state index contributed by atoms with van der Waals surface area (Å²) in [6, 6.07) is 2.50. The van der Waals surface area contributed by atoms with E-state index < -0.39 is 0 Å². The normalized spacial score (nSPS) is 20.6. The number of anilines is 1. The molecule has 0 amide bonds. The Bertz CT molecular complexity index is 674. The van der Waals surface area contributed by atoms with E-state index >= 15 is 0 Å². The van der Waals surface area contributed by atoms with Crippen LogP contribution in [-0.4, -0.2) is 46.2 Å². The maximum absolute atomic E-state index is 5.85. The molecule has 7 nitrogen and oxygen atoms in total. The predicted molar refractivity (Wildman–Crippen MR) is 83.8 cm³/mol.